The Kier molecular flexibility index (Phi) is 4.72. The van der Waals surface area contributed by atoms with Gasteiger partial charge >= 0.3 is 0 Å². The second-order valence-corrected chi connectivity index (χ2v) is 6.17. The van der Waals surface area contributed by atoms with Crippen molar-refractivity contribution in [1.82, 2.24) is 14.9 Å². The maximum atomic E-state index is 11.8. The average Bonchev–Trinajstić information content (AvgIpc) is 3.30. The topological polar surface area (TPSA) is 85.5 Å². The molecule has 7 nitrogen and oxygen atoms in total. The molecule has 2 amide bonds. The van der Waals surface area contributed by atoms with E-state index in [1.807, 2.05) is 36.4 Å². The fourth-order valence-corrected chi connectivity index (χ4v) is 2.98. The smallest absolute Gasteiger partial charge is 0.253 e. The Morgan fingerprint density at radius 3 is 2.29 bits per heavy atom. The molecule has 0 aliphatic carbocycles. The number of amides is 2. The Balaban J connectivity index is 1.67. The van der Waals surface area contributed by atoms with Crippen LogP contribution < -0.4 is 4.74 Å². The zero-order valence-corrected chi connectivity index (χ0v) is 15.2. The van der Waals surface area contributed by atoms with Crippen molar-refractivity contribution in [3.8, 4) is 28.5 Å². The summed E-state index contributed by atoms with van der Waals surface area (Å²) in [7, 11) is 1.61. The summed E-state index contributed by atoms with van der Waals surface area (Å²) < 4.78 is 11.3. The van der Waals surface area contributed by atoms with Crippen molar-refractivity contribution < 1.29 is 18.7 Å². The van der Waals surface area contributed by atoms with Gasteiger partial charge in [-0.3, -0.25) is 19.5 Å². The number of hydrogen-bond acceptors (Lipinski definition) is 6. The summed E-state index contributed by atoms with van der Waals surface area (Å²) in [4.78, 5) is 33.4. The quantitative estimate of drug-likeness (QED) is 0.616. The van der Waals surface area contributed by atoms with Gasteiger partial charge in [-0.2, -0.15) is 0 Å². The van der Waals surface area contributed by atoms with Crippen molar-refractivity contribution >= 4 is 11.8 Å². The minimum atomic E-state index is -0.311. The van der Waals surface area contributed by atoms with Crippen LogP contribution in [0.1, 0.15) is 5.69 Å². The molecule has 2 aromatic heterocycles. The van der Waals surface area contributed by atoms with Gasteiger partial charge in [0, 0.05) is 48.6 Å². The lowest BCUT2D eigenvalue weighted by atomic mass is 10.1. The number of pyridine rings is 1. The molecule has 0 unspecified atom stereocenters. The van der Waals surface area contributed by atoms with Crippen LogP contribution >= 0.6 is 0 Å². The molecule has 1 aliphatic heterocycles. The van der Waals surface area contributed by atoms with Crippen LogP contribution in [0, 0.1) is 0 Å². The van der Waals surface area contributed by atoms with Crippen LogP contribution in [0.15, 0.2) is 65.4 Å². The van der Waals surface area contributed by atoms with Crippen LogP contribution in [-0.2, 0) is 16.0 Å². The fourth-order valence-electron chi connectivity index (χ4n) is 2.98. The van der Waals surface area contributed by atoms with Gasteiger partial charge in [0.1, 0.15) is 5.75 Å². The predicted octanol–water partition coefficient (Wildman–Crippen LogP) is 2.88. The van der Waals surface area contributed by atoms with Gasteiger partial charge in [-0.05, 0) is 36.4 Å². The maximum Gasteiger partial charge on any atom is 0.253 e. The second-order valence-electron chi connectivity index (χ2n) is 6.17. The number of hydrogen-bond donors (Lipinski definition) is 0. The summed E-state index contributed by atoms with van der Waals surface area (Å²) in [6.45, 7) is 0.232. The second kappa shape index (κ2) is 7.48. The Hall–Kier alpha value is -3.74. The van der Waals surface area contributed by atoms with E-state index in [4.69, 9.17) is 9.15 Å². The minimum absolute atomic E-state index is 0.232. The minimum Gasteiger partial charge on any atom is -0.497 e. The number of rotatable bonds is 6. The van der Waals surface area contributed by atoms with Gasteiger partial charge in [0.05, 0.1) is 12.8 Å². The first-order valence-electron chi connectivity index (χ1n) is 8.74. The number of ether oxygens (including phenoxy) is 1. The van der Waals surface area contributed by atoms with Crippen LogP contribution in [0.2, 0.25) is 0 Å². The molecule has 28 heavy (non-hydrogen) atoms. The van der Waals surface area contributed by atoms with Gasteiger partial charge in [-0.25, -0.2) is 4.98 Å². The number of carbonyl (C=O) groups is 2. The fraction of sp³-hybridized carbons (Fsp3) is 0.143. The van der Waals surface area contributed by atoms with Crippen LogP contribution in [0.3, 0.4) is 0 Å². The molecule has 0 spiro atoms. The highest BCUT2D eigenvalue weighted by Crippen LogP contribution is 2.31. The van der Waals surface area contributed by atoms with E-state index in [0.29, 0.717) is 23.8 Å². The lowest BCUT2D eigenvalue weighted by Crippen LogP contribution is -2.32. The molecular weight excluding hydrogens is 358 g/mol. The first-order valence-corrected chi connectivity index (χ1v) is 8.74. The van der Waals surface area contributed by atoms with Crippen molar-refractivity contribution in [3.05, 3.63) is 66.6 Å². The van der Waals surface area contributed by atoms with Crippen molar-refractivity contribution in [3.63, 3.8) is 0 Å². The Bertz CT molecular complexity index is 1020. The molecule has 7 heteroatoms. The van der Waals surface area contributed by atoms with Crippen LogP contribution in [0.25, 0.3) is 22.8 Å². The normalized spacial score (nSPS) is 13.4. The van der Waals surface area contributed by atoms with Gasteiger partial charge in [-0.1, -0.05) is 0 Å². The number of aromatic nitrogens is 2. The van der Waals surface area contributed by atoms with Gasteiger partial charge in [0.2, 0.25) is 5.89 Å². The Morgan fingerprint density at radius 2 is 1.64 bits per heavy atom. The SMILES string of the molecule is COc1ccc(-c2oc(-c3ccncc3)nc2CCN2C(=O)C=CC2=O)cc1. The molecule has 3 aromatic rings. The van der Waals surface area contributed by atoms with E-state index in [-0.39, 0.29) is 18.4 Å². The molecule has 0 saturated heterocycles. The number of nitrogens with zero attached hydrogens (tertiary/aromatic N) is 3. The zero-order valence-electron chi connectivity index (χ0n) is 15.2. The van der Waals surface area contributed by atoms with Gasteiger partial charge < -0.3 is 9.15 Å². The molecule has 0 atom stereocenters. The highest BCUT2D eigenvalue weighted by atomic mass is 16.5. The summed E-state index contributed by atoms with van der Waals surface area (Å²) >= 11 is 0. The van der Waals surface area contributed by atoms with Crippen molar-refractivity contribution in [1.29, 1.82) is 0 Å². The third kappa shape index (κ3) is 3.42. The van der Waals surface area contributed by atoms with E-state index in [0.717, 1.165) is 16.9 Å². The van der Waals surface area contributed by atoms with Crippen molar-refractivity contribution in [2.75, 3.05) is 13.7 Å². The molecule has 3 heterocycles. The zero-order chi connectivity index (χ0) is 19.5. The molecule has 1 aromatic carbocycles. The molecule has 4 rings (SSSR count). The maximum absolute atomic E-state index is 11.8. The standard InChI is InChI=1S/C21H17N3O4/c1-27-16-4-2-14(3-5-16)20-17(10-13-24-18(25)6-7-19(24)26)23-21(28-20)15-8-11-22-12-9-15/h2-9,11-12H,10,13H2,1H3. The lowest BCUT2D eigenvalue weighted by molar-refractivity contribution is -0.136. The van der Waals surface area contributed by atoms with Gasteiger partial charge in [-0.15, -0.1) is 0 Å². The molecular formula is C21H17N3O4. The first kappa shape index (κ1) is 17.7. The first-order chi connectivity index (χ1) is 13.7. The Labute approximate surface area is 161 Å². The summed E-state index contributed by atoms with van der Waals surface area (Å²) in [5, 5.41) is 0. The van der Waals surface area contributed by atoms with E-state index in [2.05, 4.69) is 9.97 Å². The van der Waals surface area contributed by atoms with Crippen molar-refractivity contribution in [2.24, 2.45) is 0 Å². The molecule has 1 aliphatic rings. The third-order valence-electron chi connectivity index (χ3n) is 4.45. The molecule has 0 N–H and O–H groups in total. The third-order valence-corrected chi connectivity index (χ3v) is 4.45. The molecule has 140 valence electrons. The van der Waals surface area contributed by atoms with Crippen molar-refractivity contribution in [2.45, 2.75) is 6.42 Å². The summed E-state index contributed by atoms with van der Waals surface area (Å²) in [5.74, 6) is 1.17. The number of imide groups is 1. The highest BCUT2D eigenvalue weighted by Gasteiger charge is 2.24. The van der Waals surface area contributed by atoms with E-state index >= 15 is 0 Å². The van der Waals surface area contributed by atoms with Crippen LogP contribution in [-0.4, -0.2) is 40.3 Å². The van der Waals surface area contributed by atoms with E-state index < -0.39 is 0 Å². The molecule has 0 fully saturated rings. The largest absolute Gasteiger partial charge is 0.497 e. The molecule has 0 saturated carbocycles. The average molecular weight is 375 g/mol. The van der Waals surface area contributed by atoms with E-state index in [9.17, 15) is 9.59 Å². The Morgan fingerprint density at radius 1 is 0.964 bits per heavy atom. The number of oxazole rings is 1. The molecule has 0 radical (unpaired) electrons. The monoisotopic (exact) mass is 375 g/mol. The molecule has 0 bridgehead atoms. The summed E-state index contributed by atoms with van der Waals surface area (Å²) in [6.07, 6.45) is 6.27. The van der Waals surface area contributed by atoms with E-state index in [1.54, 1.807) is 19.5 Å². The predicted molar refractivity (Wildman–Crippen MR) is 101 cm³/mol. The summed E-state index contributed by atoms with van der Waals surface area (Å²) in [5.41, 5.74) is 2.30. The van der Waals surface area contributed by atoms with Gasteiger partial charge in [0.15, 0.2) is 5.76 Å². The number of methoxy groups -OCH3 is 1. The van der Waals surface area contributed by atoms with Gasteiger partial charge in [0.25, 0.3) is 11.8 Å². The highest BCUT2D eigenvalue weighted by molar-refractivity contribution is 6.12. The van der Waals surface area contributed by atoms with Crippen LogP contribution in [0.4, 0.5) is 0 Å². The number of benzene rings is 1. The van der Waals surface area contributed by atoms with E-state index in [1.165, 1.54) is 17.1 Å². The lowest BCUT2D eigenvalue weighted by Gasteiger charge is -2.12. The summed E-state index contributed by atoms with van der Waals surface area (Å²) in [6, 6.07) is 11.1. The van der Waals surface area contributed by atoms with Crippen LogP contribution in [0.5, 0.6) is 5.75 Å². The number of carbonyl (C=O) groups excluding carboxylic acids is 2.